The van der Waals surface area contributed by atoms with E-state index in [-0.39, 0.29) is 12.2 Å². The molecule has 0 amide bonds. The molecule has 102 valence electrons. The van der Waals surface area contributed by atoms with Gasteiger partial charge in [-0.2, -0.15) is 5.26 Å². The Labute approximate surface area is 118 Å². The van der Waals surface area contributed by atoms with Crippen LogP contribution in [-0.2, 0) is 4.74 Å². The van der Waals surface area contributed by atoms with Crippen molar-refractivity contribution in [2.24, 2.45) is 0 Å². The lowest BCUT2D eigenvalue weighted by molar-refractivity contribution is -0.00544. The Kier molecular flexibility index (Phi) is 3.29. The molecule has 1 aliphatic rings. The summed E-state index contributed by atoms with van der Waals surface area (Å²) >= 11 is 0. The fourth-order valence-corrected chi connectivity index (χ4v) is 2.77. The summed E-state index contributed by atoms with van der Waals surface area (Å²) in [5, 5.41) is 10.2. The highest BCUT2D eigenvalue weighted by atomic mass is 16.5. The van der Waals surface area contributed by atoms with Crippen LogP contribution in [0.2, 0.25) is 0 Å². The van der Waals surface area contributed by atoms with Crippen LogP contribution in [0, 0.1) is 11.3 Å². The minimum Gasteiger partial charge on any atom is -0.372 e. The molecule has 4 heteroatoms. The fraction of sp³-hybridized carbons (Fsp3) is 0.375. The zero-order chi connectivity index (χ0) is 14.1. The summed E-state index contributed by atoms with van der Waals surface area (Å²) < 4.78 is 5.75. The van der Waals surface area contributed by atoms with Gasteiger partial charge in [0.15, 0.2) is 0 Å². The van der Waals surface area contributed by atoms with Crippen molar-refractivity contribution in [1.29, 1.82) is 5.26 Å². The van der Waals surface area contributed by atoms with E-state index in [9.17, 15) is 5.26 Å². The molecule has 0 aliphatic carbocycles. The van der Waals surface area contributed by atoms with Crippen LogP contribution in [0.5, 0.6) is 0 Å². The number of para-hydroxylation sites is 1. The number of fused-ring (bicyclic) bond motifs is 1. The standard InChI is InChI=1S/C16H17N3O/c1-11-9-19(10-12(2)20-11)15-7-6-13-4-3-5-14(8-17)16(13)18-15/h3-7,11-12H,9-10H2,1-2H3. The maximum Gasteiger partial charge on any atom is 0.129 e. The van der Waals surface area contributed by atoms with Crippen LogP contribution < -0.4 is 4.90 Å². The molecule has 0 N–H and O–H groups in total. The zero-order valence-corrected chi connectivity index (χ0v) is 11.7. The van der Waals surface area contributed by atoms with Gasteiger partial charge in [0.1, 0.15) is 11.9 Å². The van der Waals surface area contributed by atoms with E-state index in [1.54, 1.807) is 0 Å². The van der Waals surface area contributed by atoms with E-state index < -0.39 is 0 Å². The van der Waals surface area contributed by atoms with Crippen molar-refractivity contribution in [2.75, 3.05) is 18.0 Å². The molecule has 1 fully saturated rings. The van der Waals surface area contributed by atoms with Gasteiger partial charge in [-0.25, -0.2) is 4.98 Å². The van der Waals surface area contributed by atoms with Gasteiger partial charge in [-0.3, -0.25) is 0 Å². The fourth-order valence-electron chi connectivity index (χ4n) is 2.77. The van der Waals surface area contributed by atoms with Gasteiger partial charge in [-0.1, -0.05) is 12.1 Å². The van der Waals surface area contributed by atoms with Crippen LogP contribution in [0.3, 0.4) is 0 Å². The van der Waals surface area contributed by atoms with Crippen molar-refractivity contribution in [1.82, 2.24) is 4.98 Å². The molecule has 0 radical (unpaired) electrons. The maximum atomic E-state index is 9.20. The predicted molar refractivity (Wildman–Crippen MR) is 78.7 cm³/mol. The first-order valence-electron chi connectivity index (χ1n) is 6.87. The van der Waals surface area contributed by atoms with Crippen LogP contribution in [0.4, 0.5) is 5.82 Å². The Balaban J connectivity index is 2.02. The number of ether oxygens (including phenoxy) is 1. The van der Waals surface area contributed by atoms with Crippen molar-refractivity contribution in [3.63, 3.8) is 0 Å². The second-order valence-corrected chi connectivity index (χ2v) is 5.32. The van der Waals surface area contributed by atoms with Gasteiger partial charge in [0.2, 0.25) is 0 Å². The Morgan fingerprint density at radius 2 is 1.95 bits per heavy atom. The summed E-state index contributed by atoms with van der Waals surface area (Å²) in [5.74, 6) is 0.919. The summed E-state index contributed by atoms with van der Waals surface area (Å²) in [6.07, 6.45) is 0.393. The van der Waals surface area contributed by atoms with Crippen molar-refractivity contribution in [2.45, 2.75) is 26.1 Å². The molecule has 0 saturated carbocycles. The van der Waals surface area contributed by atoms with Gasteiger partial charge in [0, 0.05) is 18.5 Å². The number of benzene rings is 1. The van der Waals surface area contributed by atoms with E-state index in [0.29, 0.717) is 5.56 Å². The summed E-state index contributed by atoms with van der Waals surface area (Å²) in [6, 6.07) is 11.9. The highest BCUT2D eigenvalue weighted by molar-refractivity contribution is 5.85. The van der Waals surface area contributed by atoms with Crippen LogP contribution in [0.25, 0.3) is 10.9 Å². The summed E-state index contributed by atoms with van der Waals surface area (Å²) in [6.45, 7) is 5.81. The van der Waals surface area contributed by atoms with Gasteiger partial charge in [0.25, 0.3) is 0 Å². The van der Waals surface area contributed by atoms with Crippen molar-refractivity contribution in [3.05, 3.63) is 35.9 Å². The van der Waals surface area contributed by atoms with Crippen LogP contribution in [0.1, 0.15) is 19.4 Å². The number of hydrogen-bond acceptors (Lipinski definition) is 4. The summed E-state index contributed by atoms with van der Waals surface area (Å²) in [4.78, 5) is 6.92. The van der Waals surface area contributed by atoms with Crippen LogP contribution in [-0.4, -0.2) is 30.3 Å². The zero-order valence-electron chi connectivity index (χ0n) is 11.7. The highest BCUT2D eigenvalue weighted by Crippen LogP contribution is 2.23. The number of morpholine rings is 1. The lowest BCUT2D eigenvalue weighted by Gasteiger charge is -2.36. The first-order valence-corrected chi connectivity index (χ1v) is 6.87. The minimum absolute atomic E-state index is 0.197. The maximum absolute atomic E-state index is 9.20. The molecule has 2 heterocycles. The summed E-state index contributed by atoms with van der Waals surface area (Å²) in [5.41, 5.74) is 1.40. The lowest BCUT2D eigenvalue weighted by Crippen LogP contribution is -2.45. The SMILES string of the molecule is CC1CN(c2ccc3cccc(C#N)c3n2)CC(C)O1. The van der Waals surface area contributed by atoms with Gasteiger partial charge < -0.3 is 9.64 Å². The third-order valence-electron chi connectivity index (χ3n) is 3.57. The normalized spacial score (nSPS) is 22.8. The molecule has 0 spiro atoms. The predicted octanol–water partition coefficient (Wildman–Crippen LogP) is 2.72. The second-order valence-electron chi connectivity index (χ2n) is 5.32. The molecule has 20 heavy (non-hydrogen) atoms. The van der Waals surface area contributed by atoms with Gasteiger partial charge >= 0.3 is 0 Å². The topological polar surface area (TPSA) is 49.2 Å². The number of aromatic nitrogens is 1. The van der Waals surface area contributed by atoms with E-state index in [4.69, 9.17) is 4.74 Å². The molecule has 0 bridgehead atoms. The lowest BCUT2D eigenvalue weighted by atomic mass is 10.1. The minimum atomic E-state index is 0.197. The van der Waals surface area contributed by atoms with Gasteiger partial charge in [-0.15, -0.1) is 0 Å². The molecular weight excluding hydrogens is 250 g/mol. The molecule has 1 aromatic heterocycles. The van der Waals surface area contributed by atoms with Gasteiger partial charge in [0.05, 0.1) is 23.3 Å². The van der Waals surface area contributed by atoms with E-state index in [1.165, 1.54) is 0 Å². The molecule has 1 saturated heterocycles. The van der Waals surface area contributed by atoms with E-state index >= 15 is 0 Å². The first kappa shape index (κ1) is 12.9. The smallest absolute Gasteiger partial charge is 0.129 e. The molecule has 4 nitrogen and oxygen atoms in total. The molecule has 1 aromatic carbocycles. The molecule has 2 atom stereocenters. The van der Waals surface area contributed by atoms with Crippen LogP contribution >= 0.6 is 0 Å². The third-order valence-corrected chi connectivity index (χ3v) is 3.57. The second kappa shape index (κ2) is 5.10. The molecule has 3 rings (SSSR count). The van der Waals surface area contributed by atoms with Crippen molar-refractivity contribution < 1.29 is 4.74 Å². The average Bonchev–Trinajstić information content (AvgIpc) is 2.45. The van der Waals surface area contributed by atoms with E-state index in [1.807, 2.05) is 30.3 Å². The quantitative estimate of drug-likeness (QED) is 0.797. The van der Waals surface area contributed by atoms with Crippen LogP contribution in [0.15, 0.2) is 30.3 Å². The Bertz CT molecular complexity index is 667. The van der Waals surface area contributed by atoms with Crippen molar-refractivity contribution >= 4 is 16.7 Å². The number of rotatable bonds is 1. The Morgan fingerprint density at radius 1 is 1.20 bits per heavy atom. The number of nitriles is 1. The van der Waals surface area contributed by atoms with Gasteiger partial charge in [-0.05, 0) is 32.0 Å². The number of nitrogens with zero attached hydrogens (tertiary/aromatic N) is 3. The summed E-state index contributed by atoms with van der Waals surface area (Å²) in [7, 11) is 0. The third kappa shape index (κ3) is 2.33. The largest absolute Gasteiger partial charge is 0.372 e. The highest BCUT2D eigenvalue weighted by Gasteiger charge is 2.23. The first-order chi connectivity index (χ1) is 9.67. The molecule has 2 aromatic rings. The monoisotopic (exact) mass is 267 g/mol. The van der Waals surface area contributed by atoms with E-state index in [2.05, 4.69) is 29.8 Å². The van der Waals surface area contributed by atoms with Crippen molar-refractivity contribution in [3.8, 4) is 6.07 Å². The number of hydrogen-bond donors (Lipinski definition) is 0. The number of pyridine rings is 1. The van der Waals surface area contributed by atoms with E-state index in [0.717, 1.165) is 29.8 Å². The molecule has 2 unspecified atom stereocenters. The molecular formula is C16H17N3O. The molecule has 1 aliphatic heterocycles. The average molecular weight is 267 g/mol. The Morgan fingerprint density at radius 3 is 2.65 bits per heavy atom. The Hall–Kier alpha value is -2.12. The number of anilines is 1.